The molecule has 1 aromatic rings. The first-order valence-corrected chi connectivity index (χ1v) is 5.58. The van der Waals surface area contributed by atoms with Gasteiger partial charge in [0.1, 0.15) is 5.82 Å². The number of nitrogens with zero attached hydrogens (tertiary/aromatic N) is 1. The molecular weight excluding hydrogens is 221 g/mol. The molecule has 1 fully saturated rings. The van der Waals surface area contributed by atoms with Gasteiger partial charge in [-0.25, -0.2) is 9.18 Å². The predicted octanol–water partition coefficient (Wildman–Crippen LogP) is 2.98. The van der Waals surface area contributed by atoms with Crippen LogP contribution >= 0.6 is 0 Å². The lowest BCUT2D eigenvalue weighted by Crippen LogP contribution is -2.35. The lowest BCUT2D eigenvalue weighted by molar-refractivity contribution is 0.144. The third-order valence-electron chi connectivity index (χ3n) is 2.81. The minimum atomic E-state index is -0.894. The summed E-state index contributed by atoms with van der Waals surface area (Å²) in [5.74, 6) is -0.273. The monoisotopic (exact) mass is 235 g/mol. The van der Waals surface area contributed by atoms with Crippen LogP contribution in [0.1, 0.15) is 18.4 Å². The average molecular weight is 235 g/mol. The van der Waals surface area contributed by atoms with Crippen LogP contribution in [-0.4, -0.2) is 29.2 Å². The fraction of sp³-hybridized carbons (Fsp3) is 0.308. The van der Waals surface area contributed by atoms with Gasteiger partial charge < -0.3 is 10.0 Å². The largest absolute Gasteiger partial charge is 0.465 e. The lowest BCUT2D eigenvalue weighted by atomic mass is 10.0. The maximum atomic E-state index is 13.0. The maximum Gasteiger partial charge on any atom is 0.407 e. The van der Waals surface area contributed by atoms with Crippen LogP contribution < -0.4 is 0 Å². The molecule has 17 heavy (non-hydrogen) atoms. The van der Waals surface area contributed by atoms with Crippen LogP contribution in [0, 0.1) is 5.82 Å². The van der Waals surface area contributed by atoms with E-state index in [1.165, 1.54) is 17.0 Å². The summed E-state index contributed by atoms with van der Waals surface area (Å²) in [7, 11) is 0. The van der Waals surface area contributed by atoms with E-state index < -0.39 is 6.09 Å². The summed E-state index contributed by atoms with van der Waals surface area (Å²) in [6.45, 7) is 1.00. The van der Waals surface area contributed by atoms with Crippen molar-refractivity contribution in [3.63, 3.8) is 0 Å². The molecule has 0 unspecified atom stereocenters. The third kappa shape index (κ3) is 3.06. The number of hydrogen-bond acceptors (Lipinski definition) is 1. The van der Waals surface area contributed by atoms with Crippen LogP contribution in [0.2, 0.25) is 0 Å². The standard InChI is InChI=1S/C13H14FNO2/c14-12-5-1-3-10(8-12)7-11-4-2-6-15(9-11)13(16)17/h1,3,5,7-8H,2,4,6,9H2,(H,16,17). The quantitative estimate of drug-likeness (QED) is 0.812. The van der Waals surface area contributed by atoms with Crippen molar-refractivity contribution in [1.82, 2.24) is 4.90 Å². The second-order valence-electron chi connectivity index (χ2n) is 4.17. The molecule has 1 N–H and O–H groups in total. The summed E-state index contributed by atoms with van der Waals surface area (Å²) in [5, 5.41) is 8.90. The first-order chi connectivity index (χ1) is 8.15. The zero-order valence-corrected chi connectivity index (χ0v) is 9.40. The highest BCUT2D eigenvalue weighted by Crippen LogP contribution is 2.19. The van der Waals surface area contributed by atoms with Crippen molar-refractivity contribution in [3.05, 3.63) is 41.2 Å². The van der Waals surface area contributed by atoms with Crippen LogP contribution in [0.4, 0.5) is 9.18 Å². The Morgan fingerprint density at radius 2 is 2.29 bits per heavy atom. The van der Waals surface area contributed by atoms with Crippen molar-refractivity contribution in [2.45, 2.75) is 12.8 Å². The second-order valence-corrected chi connectivity index (χ2v) is 4.17. The Hall–Kier alpha value is -1.84. The zero-order chi connectivity index (χ0) is 12.3. The molecule has 0 aromatic heterocycles. The Labute approximate surface area is 99.2 Å². The van der Waals surface area contributed by atoms with Gasteiger partial charge in [-0.3, -0.25) is 0 Å². The fourth-order valence-corrected chi connectivity index (χ4v) is 2.01. The molecule has 1 saturated heterocycles. The molecule has 0 atom stereocenters. The molecule has 1 aromatic carbocycles. The van der Waals surface area contributed by atoms with Crippen LogP contribution in [-0.2, 0) is 0 Å². The molecule has 0 bridgehead atoms. The average Bonchev–Trinajstić information content (AvgIpc) is 2.29. The van der Waals surface area contributed by atoms with Crippen molar-refractivity contribution in [2.75, 3.05) is 13.1 Å². The van der Waals surface area contributed by atoms with Gasteiger partial charge in [-0.2, -0.15) is 0 Å². The van der Waals surface area contributed by atoms with E-state index in [9.17, 15) is 9.18 Å². The van der Waals surface area contributed by atoms with Gasteiger partial charge in [0.05, 0.1) is 0 Å². The second kappa shape index (κ2) is 4.99. The van der Waals surface area contributed by atoms with Gasteiger partial charge in [0.2, 0.25) is 0 Å². The number of amides is 1. The lowest BCUT2D eigenvalue weighted by Gasteiger charge is -2.26. The van der Waals surface area contributed by atoms with E-state index in [0.29, 0.717) is 13.1 Å². The van der Waals surface area contributed by atoms with E-state index in [4.69, 9.17) is 5.11 Å². The maximum absolute atomic E-state index is 13.0. The minimum absolute atomic E-state index is 0.273. The minimum Gasteiger partial charge on any atom is -0.465 e. The number of benzene rings is 1. The van der Waals surface area contributed by atoms with E-state index >= 15 is 0 Å². The highest BCUT2D eigenvalue weighted by atomic mass is 19.1. The third-order valence-corrected chi connectivity index (χ3v) is 2.81. The first-order valence-electron chi connectivity index (χ1n) is 5.58. The Balaban J connectivity index is 2.14. The van der Waals surface area contributed by atoms with Crippen LogP contribution in [0.5, 0.6) is 0 Å². The van der Waals surface area contributed by atoms with Crippen molar-refractivity contribution in [3.8, 4) is 0 Å². The smallest absolute Gasteiger partial charge is 0.407 e. The number of rotatable bonds is 1. The molecule has 1 amide bonds. The van der Waals surface area contributed by atoms with Crippen LogP contribution in [0.15, 0.2) is 29.8 Å². The van der Waals surface area contributed by atoms with Gasteiger partial charge in [0.15, 0.2) is 0 Å². The molecule has 0 spiro atoms. The summed E-state index contributed by atoms with van der Waals surface area (Å²) in [6.07, 6.45) is 2.68. The molecule has 90 valence electrons. The molecular formula is C13H14FNO2. The summed E-state index contributed by atoms with van der Waals surface area (Å²) in [4.78, 5) is 12.2. The van der Waals surface area contributed by atoms with Crippen molar-refractivity contribution in [1.29, 1.82) is 0 Å². The Morgan fingerprint density at radius 3 is 3.00 bits per heavy atom. The van der Waals surface area contributed by atoms with E-state index in [1.54, 1.807) is 6.07 Å². The van der Waals surface area contributed by atoms with E-state index in [0.717, 1.165) is 24.0 Å². The predicted molar refractivity (Wildman–Crippen MR) is 63.2 cm³/mol. The highest BCUT2D eigenvalue weighted by molar-refractivity contribution is 5.66. The van der Waals surface area contributed by atoms with Gasteiger partial charge >= 0.3 is 6.09 Å². The van der Waals surface area contributed by atoms with Crippen LogP contribution in [0.25, 0.3) is 6.08 Å². The molecule has 2 rings (SSSR count). The number of carbonyl (C=O) groups is 1. The topological polar surface area (TPSA) is 40.5 Å². The Morgan fingerprint density at radius 1 is 1.47 bits per heavy atom. The summed E-state index contributed by atoms with van der Waals surface area (Å²) in [6, 6.07) is 6.31. The molecule has 1 heterocycles. The molecule has 0 saturated carbocycles. The van der Waals surface area contributed by atoms with Crippen molar-refractivity contribution >= 4 is 12.2 Å². The SMILES string of the molecule is O=C(O)N1CCCC(=Cc2cccc(F)c2)C1. The van der Waals surface area contributed by atoms with E-state index in [-0.39, 0.29) is 5.82 Å². The zero-order valence-electron chi connectivity index (χ0n) is 9.40. The molecule has 0 radical (unpaired) electrons. The van der Waals surface area contributed by atoms with Crippen LogP contribution in [0.3, 0.4) is 0 Å². The molecule has 1 aliphatic rings. The molecule has 4 heteroatoms. The van der Waals surface area contributed by atoms with Gasteiger partial charge in [0.25, 0.3) is 0 Å². The number of halogens is 1. The summed E-state index contributed by atoms with van der Waals surface area (Å²) < 4.78 is 13.0. The summed E-state index contributed by atoms with van der Waals surface area (Å²) >= 11 is 0. The molecule has 0 aliphatic carbocycles. The number of hydrogen-bond donors (Lipinski definition) is 1. The van der Waals surface area contributed by atoms with Crippen molar-refractivity contribution < 1.29 is 14.3 Å². The highest BCUT2D eigenvalue weighted by Gasteiger charge is 2.18. The Kier molecular flexibility index (Phi) is 3.42. The van der Waals surface area contributed by atoms with Crippen molar-refractivity contribution in [2.24, 2.45) is 0 Å². The fourth-order valence-electron chi connectivity index (χ4n) is 2.01. The van der Waals surface area contributed by atoms with Gasteiger partial charge in [0, 0.05) is 13.1 Å². The first kappa shape index (κ1) is 11.6. The van der Waals surface area contributed by atoms with Gasteiger partial charge in [-0.05, 0) is 30.5 Å². The van der Waals surface area contributed by atoms with E-state index in [2.05, 4.69) is 0 Å². The van der Waals surface area contributed by atoms with E-state index in [1.807, 2.05) is 12.1 Å². The molecule has 3 nitrogen and oxygen atoms in total. The summed E-state index contributed by atoms with van der Waals surface area (Å²) in [5.41, 5.74) is 1.82. The number of carboxylic acid groups (broad SMARTS) is 1. The number of likely N-dealkylation sites (tertiary alicyclic amines) is 1. The van der Waals surface area contributed by atoms with Gasteiger partial charge in [-0.1, -0.05) is 23.8 Å². The van der Waals surface area contributed by atoms with Gasteiger partial charge in [-0.15, -0.1) is 0 Å². The Bertz CT molecular complexity index is 456. The normalized spacial score (nSPS) is 18.4. The molecule has 1 aliphatic heterocycles. The number of piperidine rings is 1.